The van der Waals surface area contributed by atoms with Gasteiger partial charge in [0.25, 0.3) is 5.91 Å². The summed E-state index contributed by atoms with van der Waals surface area (Å²) >= 11 is 0. The van der Waals surface area contributed by atoms with Gasteiger partial charge < -0.3 is 9.80 Å². The molecule has 2 aliphatic heterocycles. The van der Waals surface area contributed by atoms with Crippen molar-refractivity contribution in [2.45, 2.75) is 44.0 Å². The van der Waals surface area contributed by atoms with E-state index in [2.05, 4.69) is 4.90 Å². The molecule has 178 valence electrons. The highest BCUT2D eigenvalue weighted by molar-refractivity contribution is 7.90. The Kier molecular flexibility index (Phi) is 5.93. The van der Waals surface area contributed by atoms with Gasteiger partial charge in [0, 0.05) is 50.1 Å². The molecule has 5 rings (SSSR count). The van der Waals surface area contributed by atoms with Crippen LogP contribution in [0.4, 0.5) is 5.69 Å². The van der Waals surface area contributed by atoms with Gasteiger partial charge in [-0.3, -0.25) is 4.79 Å². The third kappa shape index (κ3) is 4.22. The van der Waals surface area contributed by atoms with E-state index in [4.69, 9.17) is 5.10 Å². The van der Waals surface area contributed by atoms with Gasteiger partial charge in [0.1, 0.15) is 0 Å². The molecule has 7 nitrogen and oxygen atoms in total. The lowest BCUT2D eigenvalue weighted by atomic mass is 10.0. The quantitative estimate of drug-likeness (QED) is 0.571. The van der Waals surface area contributed by atoms with Crippen LogP contribution >= 0.6 is 0 Å². The van der Waals surface area contributed by atoms with Crippen molar-refractivity contribution < 1.29 is 13.2 Å². The number of hydrogen-bond acceptors (Lipinski definition) is 5. The van der Waals surface area contributed by atoms with Gasteiger partial charge in [-0.1, -0.05) is 18.2 Å². The monoisotopic (exact) mass is 478 g/mol. The Morgan fingerprint density at radius 1 is 0.971 bits per heavy atom. The van der Waals surface area contributed by atoms with Crippen molar-refractivity contribution in [3.8, 4) is 5.69 Å². The molecule has 0 unspecified atom stereocenters. The average molecular weight is 479 g/mol. The van der Waals surface area contributed by atoms with E-state index in [1.807, 2.05) is 52.9 Å². The molecule has 0 spiro atoms. The Morgan fingerprint density at radius 3 is 2.41 bits per heavy atom. The van der Waals surface area contributed by atoms with E-state index >= 15 is 0 Å². The van der Waals surface area contributed by atoms with Crippen LogP contribution in [-0.2, 0) is 22.8 Å². The molecule has 3 heterocycles. The van der Waals surface area contributed by atoms with Crippen molar-refractivity contribution in [1.82, 2.24) is 14.7 Å². The molecule has 1 fully saturated rings. The molecule has 0 saturated carbocycles. The van der Waals surface area contributed by atoms with Crippen LogP contribution in [0, 0.1) is 6.92 Å². The second-order valence-electron chi connectivity index (χ2n) is 9.23. The Morgan fingerprint density at radius 2 is 1.71 bits per heavy atom. The van der Waals surface area contributed by atoms with Crippen LogP contribution in [0.3, 0.4) is 0 Å². The number of anilines is 1. The van der Waals surface area contributed by atoms with Crippen LogP contribution in [0.5, 0.6) is 0 Å². The van der Waals surface area contributed by atoms with Crippen LogP contribution in [0.2, 0.25) is 0 Å². The normalized spacial score (nSPS) is 16.4. The highest BCUT2D eigenvalue weighted by Crippen LogP contribution is 2.31. The van der Waals surface area contributed by atoms with Crippen LogP contribution in [-0.4, -0.2) is 54.9 Å². The first-order valence-corrected chi connectivity index (χ1v) is 13.7. The molecule has 2 aromatic carbocycles. The lowest BCUT2D eigenvalue weighted by Crippen LogP contribution is -2.38. The number of benzene rings is 2. The zero-order valence-corrected chi connectivity index (χ0v) is 20.5. The van der Waals surface area contributed by atoms with Gasteiger partial charge >= 0.3 is 0 Å². The van der Waals surface area contributed by atoms with Gasteiger partial charge in [-0.2, -0.15) is 5.10 Å². The fourth-order valence-electron chi connectivity index (χ4n) is 5.03. The minimum absolute atomic E-state index is 0.122. The zero-order chi connectivity index (χ0) is 23.9. The smallest absolute Gasteiger partial charge is 0.256 e. The van der Waals surface area contributed by atoms with Crippen molar-refractivity contribution >= 4 is 21.4 Å². The van der Waals surface area contributed by atoms with E-state index in [0.717, 1.165) is 54.3 Å². The SMILES string of the molecule is Cc1nn(-c2ccccc2)c2c1CN(C(=O)c1cc(S(C)(=O)=O)ccc1N1CCCCC1)CC2. The van der Waals surface area contributed by atoms with Crippen LogP contribution in [0.25, 0.3) is 5.69 Å². The number of sulfone groups is 1. The molecule has 0 atom stereocenters. The number of amides is 1. The number of aromatic nitrogens is 2. The Bertz CT molecular complexity index is 1330. The van der Waals surface area contributed by atoms with Gasteiger partial charge in [0.15, 0.2) is 9.84 Å². The Labute approximate surface area is 200 Å². The van der Waals surface area contributed by atoms with Crippen molar-refractivity contribution in [1.29, 1.82) is 0 Å². The molecule has 8 heteroatoms. The van der Waals surface area contributed by atoms with E-state index in [1.165, 1.54) is 12.7 Å². The van der Waals surface area contributed by atoms with Crippen molar-refractivity contribution in [2.75, 3.05) is 30.8 Å². The third-order valence-corrected chi connectivity index (χ3v) is 7.98. The minimum atomic E-state index is -3.42. The van der Waals surface area contributed by atoms with Gasteiger partial charge in [-0.15, -0.1) is 0 Å². The molecule has 0 aliphatic carbocycles. The van der Waals surface area contributed by atoms with Crippen molar-refractivity contribution in [3.05, 3.63) is 71.0 Å². The van der Waals surface area contributed by atoms with Gasteiger partial charge in [0.2, 0.25) is 0 Å². The number of aryl methyl sites for hydroxylation is 1. The Balaban J connectivity index is 1.49. The number of piperidine rings is 1. The van der Waals surface area contributed by atoms with Crippen LogP contribution < -0.4 is 4.90 Å². The standard InChI is InChI=1S/C26H30N4O3S/c1-19-23-18-29(16-13-25(23)30(27-19)20-9-5-3-6-10-20)26(31)22-17-21(34(2,32)33)11-12-24(22)28-14-7-4-8-15-28/h3,5-6,9-12,17H,4,7-8,13-16,18H2,1-2H3. The van der Waals surface area contributed by atoms with E-state index in [1.54, 1.807) is 12.1 Å². The second kappa shape index (κ2) is 8.91. The summed E-state index contributed by atoms with van der Waals surface area (Å²) in [4.78, 5) is 18.1. The summed E-state index contributed by atoms with van der Waals surface area (Å²) < 4.78 is 26.5. The largest absolute Gasteiger partial charge is 0.371 e. The number of nitrogens with zero attached hydrogens (tertiary/aromatic N) is 4. The lowest BCUT2D eigenvalue weighted by Gasteiger charge is -2.33. The fraction of sp³-hybridized carbons (Fsp3) is 0.385. The number of para-hydroxylation sites is 1. The molecule has 0 radical (unpaired) electrons. The zero-order valence-electron chi connectivity index (χ0n) is 19.7. The van der Waals surface area contributed by atoms with E-state index < -0.39 is 9.84 Å². The summed E-state index contributed by atoms with van der Waals surface area (Å²) in [6, 6.07) is 15.0. The van der Waals surface area contributed by atoms with Crippen molar-refractivity contribution in [3.63, 3.8) is 0 Å². The Hall–Kier alpha value is -3.13. The average Bonchev–Trinajstić information content (AvgIpc) is 3.19. The minimum Gasteiger partial charge on any atom is -0.371 e. The maximum absolute atomic E-state index is 13.8. The first-order valence-electron chi connectivity index (χ1n) is 11.8. The number of carbonyl (C=O) groups excluding carboxylic acids is 1. The molecule has 2 aliphatic rings. The number of fused-ring (bicyclic) bond motifs is 1. The fourth-order valence-corrected chi connectivity index (χ4v) is 5.68. The van der Waals surface area contributed by atoms with E-state index in [-0.39, 0.29) is 10.8 Å². The number of hydrogen-bond donors (Lipinski definition) is 0. The molecule has 1 amide bonds. The van der Waals surface area contributed by atoms with Gasteiger partial charge in [-0.05, 0) is 56.5 Å². The molecular weight excluding hydrogens is 448 g/mol. The molecular formula is C26H30N4O3S. The molecule has 1 aromatic heterocycles. The molecule has 1 saturated heterocycles. The number of carbonyl (C=O) groups is 1. The molecule has 0 N–H and O–H groups in total. The lowest BCUT2D eigenvalue weighted by molar-refractivity contribution is 0.0734. The maximum Gasteiger partial charge on any atom is 0.256 e. The molecule has 0 bridgehead atoms. The predicted molar refractivity (Wildman–Crippen MR) is 132 cm³/mol. The topological polar surface area (TPSA) is 75.5 Å². The predicted octanol–water partition coefficient (Wildman–Crippen LogP) is 3.77. The molecule has 3 aromatic rings. The van der Waals surface area contributed by atoms with E-state index in [0.29, 0.717) is 25.1 Å². The van der Waals surface area contributed by atoms with Crippen molar-refractivity contribution in [2.24, 2.45) is 0 Å². The number of rotatable bonds is 4. The highest BCUT2D eigenvalue weighted by atomic mass is 32.2. The van der Waals surface area contributed by atoms with Crippen LogP contribution in [0.15, 0.2) is 53.4 Å². The second-order valence-corrected chi connectivity index (χ2v) is 11.2. The third-order valence-electron chi connectivity index (χ3n) is 6.87. The first kappa shape index (κ1) is 22.7. The summed E-state index contributed by atoms with van der Waals surface area (Å²) in [5, 5.41) is 4.76. The summed E-state index contributed by atoms with van der Waals surface area (Å²) in [5.41, 5.74) is 5.44. The summed E-state index contributed by atoms with van der Waals surface area (Å²) in [5.74, 6) is -0.122. The van der Waals surface area contributed by atoms with E-state index in [9.17, 15) is 13.2 Å². The summed E-state index contributed by atoms with van der Waals surface area (Å²) in [6.45, 7) is 4.77. The summed E-state index contributed by atoms with van der Waals surface area (Å²) in [6.07, 6.45) is 5.22. The molecule has 34 heavy (non-hydrogen) atoms. The first-order chi connectivity index (χ1) is 16.3. The van der Waals surface area contributed by atoms with Gasteiger partial charge in [0.05, 0.1) is 27.5 Å². The maximum atomic E-state index is 13.8. The van der Waals surface area contributed by atoms with Crippen LogP contribution in [0.1, 0.15) is 46.6 Å². The summed E-state index contributed by atoms with van der Waals surface area (Å²) in [7, 11) is -3.42. The highest BCUT2D eigenvalue weighted by Gasteiger charge is 2.30. The van der Waals surface area contributed by atoms with Gasteiger partial charge in [-0.25, -0.2) is 13.1 Å².